The SMILES string of the molecule is Cc1cnnc(NCc2ccco2)c1. The van der Waals surface area contributed by atoms with Crippen molar-refractivity contribution >= 4 is 5.82 Å². The number of rotatable bonds is 3. The summed E-state index contributed by atoms with van der Waals surface area (Å²) in [6, 6.07) is 5.71. The van der Waals surface area contributed by atoms with Crippen molar-refractivity contribution in [3.63, 3.8) is 0 Å². The molecule has 0 radical (unpaired) electrons. The zero-order valence-electron chi connectivity index (χ0n) is 7.90. The van der Waals surface area contributed by atoms with Gasteiger partial charge >= 0.3 is 0 Å². The van der Waals surface area contributed by atoms with Crippen LogP contribution in [-0.4, -0.2) is 10.2 Å². The lowest BCUT2D eigenvalue weighted by Crippen LogP contribution is -2.01. The second-order valence-corrected chi connectivity index (χ2v) is 3.05. The van der Waals surface area contributed by atoms with E-state index in [2.05, 4.69) is 15.5 Å². The summed E-state index contributed by atoms with van der Waals surface area (Å²) in [6.07, 6.45) is 3.37. The Kier molecular flexibility index (Phi) is 2.44. The van der Waals surface area contributed by atoms with Gasteiger partial charge in [-0.2, -0.15) is 5.10 Å². The quantitative estimate of drug-likeness (QED) is 0.802. The fraction of sp³-hybridized carbons (Fsp3) is 0.200. The van der Waals surface area contributed by atoms with Gasteiger partial charge < -0.3 is 9.73 Å². The van der Waals surface area contributed by atoms with Crippen LogP contribution in [0.5, 0.6) is 0 Å². The standard InChI is InChI=1S/C10H11N3O/c1-8-5-10(13-12-6-8)11-7-9-3-2-4-14-9/h2-6H,7H2,1H3,(H,11,13). The third kappa shape index (κ3) is 2.10. The Morgan fingerprint density at radius 3 is 3.14 bits per heavy atom. The summed E-state index contributed by atoms with van der Waals surface area (Å²) in [5.74, 6) is 1.65. The van der Waals surface area contributed by atoms with E-state index >= 15 is 0 Å². The Balaban J connectivity index is 1.98. The Labute approximate surface area is 82.0 Å². The smallest absolute Gasteiger partial charge is 0.149 e. The molecule has 72 valence electrons. The highest BCUT2D eigenvalue weighted by Crippen LogP contribution is 2.06. The second kappa shape index (κ2) is 3.91. The average Bonchev–Trinajstić information content (AvgIpc) is 2.67. The van der Waals surface area contributed by atoms with E-state index in [4.69, 9.17) is 4.42 Å². The number of aryl methyl sites for hydroxylation is 1. The fourth-order valence-electron chi connectivity index (χ4n) is 1.14. The summed E-state index contributed by atoms with van der Waals surface area (Å²) in [5, 5.41) is 10.9. The first-order valence-electron chi connectivity index (χ1n) is 4.40. The predicted molar refractivity (Wildman–Crippen MR) is 52.8 cm³/mol. The highest BCUT2D eigenvalue weighted by Gasteiger charge is 1.97. The van der Waals surface area contributed by atoms with Gasteiger partial charge in [-0.3, -0.25) is 0 Å². The Hall–Kier alpha value is -1.84. The molecule has 0 aliphatic heterocycles. The third-order valence-electron chi connectivity index (χ3n) is 1.82. The number of aromatic nitrogens is 2. The minimum atomic E-state index is 0.630. The highest BCUT2D eigenvalue weighted by molar-refractivity contribution is 5.35. The van der Waals surface area contributed by atoms with Gasteiger partial charge in [0.15, 0.2) is 0 Å². The summed E-state index contributed by atoms with van der Waals surface area (Å²) in [6.45, 7) is 2.61. The van der Waals surface area contributed by atoms with E-state index in [0.29, 0.717) is 6.54 Å². The molecule has 0 unspecified atom stereocenters. The minimum Gasteiger partial charge on any atom is -0.467 e. The summed E-state index contributed by atoms with van der Waals surface area (Å²) in [5.41, 5.74) is 1.09. The molecule has 2 rings (SSSR count). The molecule has 2 aromatic rings. The zero-order valence-corrected chi connectivity index (χ0v) is 7.90. The van der Waals surface area contributed by atoms with Crippen LogP contribution < -0.4 is 5.32 Å². The predicted octanol–water partition coefficient (Wildman–Crippen LogP) is 1.99. The van der Waals surface area contributed by atoms with Gasteiger partial charge in [0, 0.05) is 0 Å². The van der Waals surface area contributed by atoms with Gasteiger partial charge in [0.25, 0.3) is 0 Å². The molecule has 1 N–H and O–H groups in total. The van der Waals surface area contributed by atoms with Crippen LogP contribution in [0.1, 0.15) is 11.3 Å². The molecule has 0 fully saturated rings. The Morgan fingerprint density at radius 1 is 1.50 bits per heavy atom. The van der Waals surface area contributed by atoms with Crippen LogP contribution in [0.15, 0.2) is 35.1 Å². The van der Waals surface area contributed by atoms with Crippen LogP contribution in [0.2, 0.25) is 0 Å². The molecule has 0 spiro atoms. The minimum absolute atomic E-state index is 0.630. The summed E-state index contributed by atoms with van der Waals surface area (Å²) < 4.78 is 5.17. The maximum atomic E-state index is 5.17. The van der Waals surface area contributed by atoms with Crippen molar-refractivity contribution in [2.24, 2.45) is 0 Å². The van der Waals surface area contributed by atoms with Crippen molar-refractivity contribution < 1.29 is 4.42 Å². The van der Waals surface area contributed by atoms with E-state index in [1.54, 1.807) is 12.5 Å². The van der Waals surface area contributed by atoms with Crippen LogP contribution in [0.4, 0.5) is 5.82 Å². The lowest BCUT2D eigenvalue weighted by atomic mass is 10.3. The number of anilines is 1. The Bertz CT molecular complexity index is 398. The van der Waals surface area contributed by atoms with E-state index in [-0.39, 0.29) is 0 Å². The molecule has 0 atom stereocenters. The molecule has 0 bridgehead atoms. The van der Waals surface area contributed by atoms with Gasteiger partial charge in [-0.15, -0.1) is 5.10 Å². The first-order valence-corrected chi connectivity index (χ1v) is 4.40. The van der Waals surface area contributed by atoms with Crippen LogP contribution in [0.3, 0.4) is 0 Å². The molecule has 0 saturated carbocycles. The average molecular weight is 189 g/mol. The molecule has 0 amide bonds. The molecule has 14 heavy (non-hydrogen) atoms. The molecular weight excluding hydrogens is 178 g/mol. The van der Waals surface area contributed by atoms with Gasteiger partial charge in [-0.25, -0.2) is 0 Å². The van der Waals surface area contributed by atoms with Crippen molar-refractivity contribution in [2.75, 3.05) is 5.32 Å². The molecule has 2 heterocycles. The number of hydrogen-bond acceptors (Lipinski definition) is 4. The van der Waals surface area contributed by atoms with E-state index in [1.807, 2.05) is 25.1 Å². The molecule has 0 saturated heterocycles. The molecule has 4 nitrogen and oxygen atoms in total. The van der Waals surface area contributed by atoms with Crippen molar-refractivity contribution in [3.05, 3.63) is 42.0 Å². The maximum Gasteiger partial charge on any atom is 0.149 e. The fourth-order valence-corrected chi connectivity index (χ4v) is 1.14. The Morgan fingerprint density at radius 2 is 2.43 bits per heavy atom. The van der Waals surface area contributed by atoms with Crippen LogP contribution >= 0.6 is 0 Å². The number of nitrogens with zero attached hydrogens (tertiary/aromatic N) is 2. The summed E-state index contributed by atoms with van der Waals surface area (Å²) in [7, 11) is 0. The first-order chi connectivity index (χ1) is 6.84. The largest absolute Gasteiger partial charge is 0.467 e. The molecule has 2 aromatic heterocycles. The lowest BCUT2D eigenvalue weighted by molar-refractivity contribution is 0.517. The van der Waals surface area contributed by atoms with Crippen LogP contribution in [-0.2, 0) is 6.54 Å². The van der Waals surface area contributed by atoms with Gasteiger partial charge in [0.1, 0.15) is 11.6 Å². The molecule has 0 aromatic carbocycles. The highest BCUT2D eigenvalue weighted by atomic mass is 16.3. The van der Waals surface area contributed by atoms with E-state index in [1.165, 1.54) is 0 Å². The van der Waals surface area contributed by atoms with Crippen LogP contribution in [0, 0.1) is 6.92 Å². The van der Waals surface area contributed by atoms with Gasteiger partial charge in [-0.1, -0.05) is 0 Å². The second-order valence-electron chi connectivity index (χ2n) is 3.05. The third-order valence-corrected chi connectivity index (χ3v) is 1.82. The number of nitrogens with one attached hydrogen (secondary N) is 1. The van der Waals surface area contributed by atoms with Crippen molar-refractivity contribution in [3.8, 4) is 0 Å². The van der Waals surface area contributed by atoms with Gasteiger partial charge in [0.2, 0.25) is 0 Å². The summed E-state index contributed by atoms with van der Waals surface area (Å²) in [4.78, 5) is 0. The normalized spacial score (nSPS) is 10.1. The molecule has 0 aliphatic carbocycles. The van der Waals surface area contributed by atoms with Crippen molar-refractivity contribution in [2.45, 2.75) is 13.5 Å². The van der Waals surface area contributed by atoms with E-state index in [0.717, 1.165) is 17.1 Å². The molecular formula is C10H11N3O. The monoisotopic (exact) mass is 189 g/mol. The topological polar surface area (TPSA) is 51.0 Å². The zero-order chi connectivity index (χ0) is 9.80. The van der Waals surface area contributed by atoms with E-state index < -0.39 is 0 Å². The lowest BCUT2D eigenvalue weighted by Gasteiger charge is -2.02. The maximum absolute atomic E-state index is 5.17. The van der Waals surface area contributed by atoms with Crippen molar-refractivity contribution in [1.82, 2.24) is 10.2 Å². The van der Waals surface area contributed by atoms with Gasteiger partial charge in [-0.05, 0) is 30.7 Å². The first kappa shape index (κ1) is 8.74. The van der Waals surface area contributed by atoms with E-state index in [9.17, 15) is 0 Å². The summed E-state index contributed by atoms with van der Waals surface area (Å²) >= 11 is 0. The van der Waals surface area contributed by atoms with Gasteiger partial charge in [0.05, 0.1) is 19.0 Å². The number of furan rings is 1. The van der Waals surface area contributed by atoms with Crippen LogP contribution in [0.25, 0.3) is 0 Å². The number of hydrogen-bond donors (Lipinski definition) is 1. The molecule has 4 heteroatoms. The molecule has 0 aliphatic rings. The van der Waals surface area contributed by atoms with Crippen molar-refractivity contribution in [1.29, 1.82) is 0 Å².